The average Bonchev–Trinajstić information content (AvgIpc) is 3.55. The molecule has 1 saturated carbocycles. The number of phenols is 1. The number of benzene rings is 4. The number of amides is 4. The Morgan fingerprint density at radius 3 is 2.27 bits per heavy atom. The average molecular weight is 782 g/mol. The highest BCUT2D eigenvalue weighted by atomic mass is 35.5. The van der Waals surface area contributed by atoms with Gasteiger partial charge in [-0.05, 0) is 91.3 Å². The number of nitrogens with zero attached hydrogens (tertiary/aromatic N) is 3. The molecule has 55 heavy (non-hydrogen) atoms. The van der Waals surface area contributed by atoms with Crippen molar-refractivity contribution in [3.63, 3.8) is 0 Å². The van der Waals surface area contributed by atoms with Crippen LogP contribution in [0, 0.1) is 47.6 Å². The molecule has 3 fully saturated rings. The Bertz CT molecular complexity index is 2360. The molecule has 0 unspecified atom stereocenters. The van der Waals surface area contributed by atoms with Gasteiger partial charge in [0, 0.05) is 23.1 Å². The Kier molecular flexibility index (Phi) is 8.73. The van der Waals surface area contributed by atoms with E-state index in [-0.39, 0.29) is 40.7 Å². The van der Waals surface area contributed by atoms with Gasteiger partial charge in [-0.1, -0.05) is 65.2 Å². The monoisotopic (exact) mass is 780 g/mol. The number of phenolic OH excluding ortho intramolecular Hbond substituents is 1. The first-order valence-electron chi connectivity index (χ1n) is 17.6. The number of aromatic hydroxyl groups is 1. The van der Waals surface area contributed by atoms with Crippen molar-refractivity contribution < 1.29 is 33.9 Å². The molecule has 4 aromatic carbocycles. The normalized spacial score (nSPS) is 25.7. The number of hydrazine groups is 1. The molecule has 2 N–H and O–H groups in total. The van der Waals surface area contributed by atoms with Gasteiger partial charge < -0.3 is 9.84 Å². The number of nitro groups is 1. The molecule has 14 heteroatoms. The molecule has 4 amide bonds. The van der Waals surface area contributed by atoms with Gasteiger partial charge in [0.2, 0.25) is 11.8 Å². The quantitative estimate of drug-likeness (QED) is 0.0842. The SMILES string of the molecule is COc1ccc([C@@]23C(=O)N(Nc4ccc(Cl)cc4Cl)C(=O)[C@@H]2C[C@@H]2C(=CC[C@@H]4C(=O)N(c5cccc([N+](=O)[O-])c5)C(=O)[C@@H]42)[C@@H]3c2cc(C)c(O)c(C)c2)cc1. The molecule has 12 nitrogen and oxygen atoms in total. The minimum atomic E-state index is -1.58. The van der Waals surface area contributed by atoms with E-state index < -0.39 is 63.6 Å². The summed E-state index contributed by atoms with van der Waals surface area (Å²) < 4.78 is 5.46. The summed E-state index contributed by atoms with van der Waals surface area (Å²) in [6, 6.07) is 20.6. The lowest BCUT2D eigenvalue weighted by Crippen LogP contribution is -2.53. The number of allylic oxidation sites excluding steroid dienone is 2. The molecular formula is C41H34Cl2N4O8. The van der Waals surface area contributed by atoms with Crippen LogP contribution in [0.15, 0.2) is 90.5 Å². The van der Waals surface area contributed by atoms with Crippen LogP contribution in [0.5, 0.6) is 11.5 Å². The second kappa shape index (κ2) is 13.2. The minimum Gasteiger partial charge on any atom is -0.507 e. The highest BCUT2D eigenvalue weighted by molar-refractivity contribution is 6.36. The molecule has 0 spiro atoms. The maximum atomic E-state index is 15.5. The molecule has 2 aliphatic carbocycles. The first-order valence-corrected chi connectivity index (χ1v) is 18.4. The zero-order valence-electron chi connectivity index (χ0n) is 29.8. The van der Waals surface area contributed by atoms with Gasteiger partial charge in [-0.3, -0.25) is 34.7 Å². The Morgan fingerprint density at radius 2 is 1.62 bits per heavy atom. The van der Waals surface area contributed by atoms with Crippen LogP contribution in [-0.4, -0.2) is 45.8 Å². The molecule has 4 aliphatic rings. The third-order valence-corrected chi connectivity index (χ3v) is 12.3. The number of aryl methyl sites for hydroxylation is 2. The summed E-state index contributed by atoms with van der Waals surface area (Å²) >= 11 is 12.7. The van der Waals surface area contributed by atoms with Crippen molar-refractivity contribution in [1.82, 2.24) is 5.01 Å². The first-order chi connectivity index (χ1) is 26.3. The number of carbonyl (C=O) groups is 4. The van der Waals surface area contributed by atoms with E-state index >= 15 is 4.79 Å². The molecule has 0 radical (unpaired) electrons. The Balaban J connectivity index is 1.34. The summed E-state index contributed by atoms with van der Waals surface area (Å²) in [5.41, 5.74) is 4.48. The summed E-state index contributed by atoms with van der Waals surface area (Å²) in [7, 11) is 1.53. The molecule has 0 aromatic heterocycles. The number of non-ortho nitro benzene ring substituents is 1. The van der Waals surface area contributed by atoms with Gasteiger partial charge in [0.25, 0.3) is 17.5 Å². The number of fused-ring (bicyclic) bond motifs is 4. The zero-order valence-corrected chi connectivity index (χ0v) is 31.3. The number of imide groups is 2. The Labute approximate surface area is 325 Å². The summed E-state index contributed by atoms with van der Waals surface area (Å²) in [5.74, 6) is -5.80. The molecule has 8 rings (SSSR count). The van der Waals surface area contributed by atoms with Gasteiger partial charge in [-0.2, -0.15) is 5.01 Å². The smallest absolute Gasteiger partial charge is 0.271 e. The van der Waals surface area contributed by atoms with E-state index in [0.29, 0.717) is 38.6 Å². The third-order valence-electron chi connectivity index (χ3n) is 11.7. The highest BCUT2D eigenvalue weighted by Crippen LogP contribution is 2.64. The van der Waals surface area contributed by atoms with Crippen molar-refractivity contribution in [3.05, 3.63) is 133 Å². The number of carbonyl (C=O) groups excluding carboxylic acids is 4. The van der Waals surface area contributed by atoms with Crippen molar-refractivity contribution in [2.24, 2.45) is 23.7 Å². The maximum absolute atomic E-state index is 15.5. The van der Waals surface area contributed by atoms with Gasteiger partial charge in [-0.25, -0.2) is 4.90 Å². The first kappa shape index (κ1) is 36.3. The van der Waals surface area contributed by atoms with Crippen LogP contribution < -0.4 is 15.1 Å². The second-order valence-corrected chi connectivity index (χ2v) is 15.3. The number of methoxy groups -OCH3 is 1. The molecule has 0 bridgehead atoms. The number of hydrogen-bond acceptors (Lipinski definition) is 9. The minimum absolute atomic E-state index is 0.0322. The number of hydrogen-bond donors (Lipinski definition) is 2. The molecular weight excluding hydrogens is 747 g/mol. The standard InChI is InChI=1S/C41H34Cl2N4O8/c1-20-15-22(16-21(2)36(20)48)35-28-12-13-29-34(39(51)45(37(29)49)25-5-4-6-26(18-25)47(53)54)30(28)19-31-38(50)46(44-33-14-9-24(42)17-32(33)43)40(52)41(31,35)23-7-10-27(55-3)11-8-23/h4-12,14-18,29-31,34-35,44,48H,13,19H2,1-3H3/t29-,30+,31-,34-,35-,41+/m0/s1. The zero-order chi connectivity index (χ0) is 39.1. The fourth-order valence-corrected chi connectivity index (χ4v) is 9.83. The van der Waals surface area contributed by atoms with Gasteiger partial charge >= 0.3 is 0 Å². The number of nitrogens with one attached hydrogen (secondary N) is 1. The van der Waals surface area contributed by atoms with E-state index in [1.54, 1.807) is 62.4 Å². The van der Waals surface area contributed by atoms with Crippen LogP contribution in [0.25, 0.3) is 0 Å². The summed E-state index contributed by atoms with van der Waals surface area (Å²) in [4.78, 5) is 71.1. The number of halogens is 2. The number of nitro benzene ring substituents is 1. The van der Waals surface area contributed by atoms with E-state index in [9.17, 15) is 29.6 Å². The van der Waals surface area contributed by atoms with Crippen LogP contribution in [0.1, 0.15) is 41.0 Å². The molecule has 6 atom stereocenters. The summed E-state index contributed by atoms with van der Waals surface area (Å²) in [6.07, 6.45) is 2.11. The topological polar surface area (TPSA) is 159 Å². The lowest BCUT2D eigenvalue weighted by atomic mass is 9.49. The lowest BCUT2D eigenvalue weighted by Gasteiger charge is -2.50. The number of rotatable bonds is 7. The van der Waals surface area contributed by atoms with E-state index in [1.165, 1.54) is 37.4 Å². The third kappa shape index (κ3) is 5.41. The van der Waals surface area contributed by atoms with E-state index in [2.05, 4.69) is 5.43 Å². The van der Waals surface area contributed by atoms with Crippen molar-refractivity contribution in [1.29, 1.82) is 0 Å². The van der Waals surface area contributed by atoms with Crippen molar-refractivity contribution in [2.75, 3.05) is 17.4 Å². The largest absolute Gasteiger partial charge is 0.507 e. The molecule has 2 saturated heterocycles. The fraction of sp³-hybridized carbons (Fsp3) is 0.268. The van der Waals surface area contributed by atoms with Gasteiger partial charge in [0.1, 0.15) is 11.5 Å². The van der Waals surface area contributed by atoms with E-state index in [0.717, 1.165) is 9.91 Å². The fourth-order valence-electron chi connectivity index (χ4n) is 9.37. The van der Waals surface area contributed by atoms with Crippen molar-refractivity contribution in [3.8, 4) is 11.5 Å². The van der Waals surface area contributed by atoms with Crippen LogP contribution in [-0.2, 0) is 24.6 Å². The van der Waals surface area contributed by atoms with Gasteiger partial charge in [0.05, 0.1) is 51.6 Å². The summed E-state index contributed by atoms with van der Waals surface area (Å²) in [5, 5.41) is 24.1. The molecule has 2 aliphatic heterocycles. The van der Waals surface area contributed by atoms with Crippen LogP contribution >= 0.6 is 23.2 Å². The van der Waals surface area contributed by atoms with E-state index in [1.807, 2.05) is 6.08 Å². The highest BCUT2D eigenvalue weighted by Gasteiger charge is 2.70. The van der Waals surface area contributed by atoms with Crippen molar-refractivity contribution >= 4 is 63.9 Å². The lowest BCUT2D eigenvalue weighted by molar-refractivity contribution is -0.384. The van der Waals surface area contributed by atoms with E-state index in [4.69, 9.17) is 27.9 Å². The van der Waals surface area contributed by atoms with Crippen LogP contribution in [0.4, 0.5) is 17.1 Å². The van der Waals surface area contributed by atoms with Crippen molar-refractivity contribution in [2.45, 2.75) is 38.0 Å². The predicted octanol–water partition coefficient (Wildman–Crippen LogP) is 7.42. The molecule has 280 valence electrons. The molecule has 4 aromatic rings. The second-order valence-electron chi connectivity index (χ2n) is 14.5. The Hall–Kier alpha value is -5.72. The number of ether oxygens (including phenoxy) is 1. The number of anilines is 2. The predicted molar refractivity (Wildman–Crippen MR) is 204 cm³/mol. The maximum Gasteiger partial charge on any atom is 0.271 e. The van der Waals surface area contributed by atoms with Crippen LogP contribution in [0.2, 0.25) is 10.0 Å². The van der Waals surface area contributed by atoms with Gasteiger partial charge in [-0.15, -0.1) is 0 Å². The Morgan fingerprint density at radius 1 is 0.909 bits per heavy atom. The van der Waals surface area contributed by atoms with Gasteiger partial charge in [0.15, 0.2) is 0 Å². The van der Waals surface area contributed by atoms with Crippen LogP contribution in [0.3, 0.4) is 0 Å². The molecule has 2 heterocycles. The summed E-state index contributed by atoms with van der Waals surface area (Å²) in [6.45, 7) is 3.51.